The van der Waals surface area contributed by atoms with Crippen LogP contribution in [0.15, 0.2) is 24.3 Å². The first kappa shape index (κ1) is 18.0. The van der Waals surface area contributed by atoms with E-state index < -0.39 is 0 Å². The molecule has 0 bridgehead atoms. The van der Waals surface area contributed by atoms with Crippen molar-refractivity contribution in [2.45, 2.75) is 67.7 Å². The van der Waals surface area contributed by atoms with Gasteiger partial charge in [0.1, 0.15) is 5.75 Å². The Morgan fingerprint density at radius 3 is 1.63 bits per heavy atom. The minimum Gasteiger partial charge on any atom is -0.508 e. The molecular formula is C18H32O. The van der Waals surface area contributed by atoms with Gasteiger partial charge in [-0.2, -0.15) is 0 Å². The summed E-state index contributed by atoms with van der Waals surface area (Å²) in [6.45, 7) is 17.7. The first-order chi connectivity index (χ1) is 8.59. The lowest BCUT2D eigenvalue weighted by molar-refractivity contribution is 0.229. The van der Waals surface area contributed by atoms with Crippen molar-refractivity contribution in [1.29, 1.82) is 0 Å². The standard InChI is InChI=1S/C16H26O.C2H6/c1-15(2,3)11-14(16(4,5)6)12-7-9-13(17)10-8-12;1-2/h7-10,14,17H,11H2,1-6H3;1-2H3. The summed E-state index contributed by atoms with van der Waals surface area (Å²) in [5.74, 6) is 0.861. The van der Waals surface area contributed by atoms with Gasteiger partial charge in [-0.1, -0.05) is 67.5 Å². The van der Waals surface area contributed by atoms with Crippen LogP contribution in [0.5, 0.6) is 5.75 Å². The van der Waals surface area contributed by atoms with E-state index in [4.69, 9.17) is 0 Å². The first-order valence-corrected chi connectivity index (χ1v) is 7.38. The molecule has 19 heavy (non-hydrogen) atoms. The van der Waals surface area contributed by atoms with E-state index in [-0.39, 0.29) is 5.41 Å². The van der Waals surface area contributed by atoms with Crippen molar-refractivity contribution in [1.82, 2.24) is 0 Å². The van der Waals surface area contributed by atoms with Gasteiger partial charge >= 0.3 is 0 Å². The van der Waals surface area contributed by atoms with Gasteiger partial charge in [-0.3, -0.25) is 0 Å². The molecule has 1 heteroatoms. The maximum Gasteiger partial charge on any atom is 0.115 e. The van der Waals surface area contributed by atoms with Gasteiger partial charge in [0.2, 0.25) is 0 Å². The molecule has 1 atom stereocenters. The fraction of sp³-hybridized carbons (Fsp3) is 0.667. The van der Waals surface area contributed by atoms with Crippen molar-refractivity contribution < 1.29 is 5.11 Å². The van der Waals surface area contributed by atoms with Crippen LogP contribution in [0.1, 0.15) is 73.3 Å². The maximum absolute atomic E-state index is 9.37. The zero-order valence-corrected chi connectivity index (χ0v) is 14.0. The third-order valence-corrected chi connectivity index (χ3v) is 3.16. The lowest BCUT2D eigenvalue weighted by Crippen LogP contribution is -2.23. The quantitative estimate of drug-likeness (QED) is 0.696. The third kappa shape index (κ3) is 6.66. The van der Waals surface area contributed by atoms with E-state index in [1.54, 1.807) is 12.1 Å². The molecular weight excluding hydrogens is 232 g/mol. The molecule has 110 valence electrons. The average molecular weight is 264 g/mol. The normalized spacial score (nSPS) is 13.5. The Hall–Kier alpha value is -0.980. The summed E-state index contributed by atoms with van der Waals surface area (Å²) in [5, 5.41) is 9.37. The second-order valence-electron chi connectivity index (χ2n) is 7.27. The number of aromatic hydroxyl groups is 1. The van der Waals surface area contributed by atoms with Gasteiger partial charge in [0.25, 0.3) is 0 Å². The molecule has 1 aromatic carbocycles. The van der Waals surface area contributed by atoms with Crippen molar-refractivity contribution in [2.24, 2.45) is 10.8 Å². The average Bonchev–Trinajstić information content (AvgIpc) is 2.27. The largest absolute Gasteiger partial charge is 0.508 e. The summed E-state index contributed by atoms with van der Waals surface area (Å²) in [5.41, 5.74) is 1.88. The van der Waals surface area contributed by atoms with Gasteiger partial charge in [0.15, 0.2) is 0 Å². The van der Waals surface area contributed by atoms with Gasteiger partial charge in [-0.15, -0.1) is 0 Å². The van der Waals surface area contributed by atoms with E-state index >= 15 is 0 Å². The zero-order chi connectivity index (χ0) is 15.3. The summed E-state index contributed by atoms with van der Waals surface area (Å²) in [6.07, 6.45) is 1.15. The highest BCUT2D eigenvalue weighted by Crippen LogP contribution is 2.43. The molecule has 0 aliphatic rings. The Bertz CT molecular complexity index is 349. The SMILES string of the molecule is CC.CC(C)(C)CC(c1ccc(O)cc1)C(C)(C)C. The molecule has 0 aromatic heterocycles. The zero-order valence-electron chi connectivity index (χ0n) is 14.0. The van der Waals surface area contributed by atoms with Crippen LogP contribution in [0.3, 0.4) is 0 Å². The summed E-state index contributed by atoms with van der Waals surface area (Å²) in [7, 11) is 0. The molecule has 0 radical (unpaired) electrons. The van der Waals surface area contributed by atoms with Crippen molar-refractivity contribution in [2.75, 3.05) is 0 Å². The van der Waals surface area contributed by atoms with Crippen LogP contribution in [-0.2, 0) is 0 Å². The molecule has 0 fully saturated rings. The predicted molar refractivity (Wildman–Crippen MR) is 85.7 cm³/mol. The lowest BCUT2D eigenvalue weighted by atomic mass is 9.69. The number of rotatable bonds is 2. The Morgan fingerprint density at radius 1 is 0.895 bits per heavy atom. The van der Waals surface area contributed by atoms with Crippen molar-refractivity contribution in [3.63, 3.8) is 0 Å². The van der Waals surface area contributed by atoms with E-state index in [1.807, 2.05) is 13.8 Å². The minimum atomic E-state index is 0.240. The number of hydrogen-bond donors (Lipinski definition) is 1. The summed E-state index contributed by atoms with van der Waals surface area (Å²) < 4.78 is 0. The van der Waals surface area contributed by atoms with Gasteiger partial charge in [0, 0.05) is 0 Å². The number of phenolic OH excluding ortho intramolecular Hbond substituents is 1. The summed E-state index contributed by atoms with van der Waals surface area (Å²) in [6, 6.07) is 7.68. The van der Waals surface area contributed by atoms with Gasteiger partial charge < -0.3 is 5.11 Å². The number of hydrogen-bond acceptors (Lipinski definition) is 1. The van der Waals surface area contributed by atoms with E-state index in [0.29, 0.717) is 17.1 Å². The first-order valence-electron chi connectivity index (χ1n) is 7.38. The van der Waals surface area contributed by atoms with Crippen LogP contribution >= 0.6 is 0 Å². The molecule has 1 nitrogen and oxygen atoms in total. The van der Waals surface area contributed by atoms with E-state index in [2.05, 4.69) is 53.7 Å². The van der Waals surface area contributed by atoms with Crippen LogP contribution in [0.4, 0.5) is 0 Å². The molecule has 0 spiro atoms. The van der Waals surface area contributed by atoms with E-state index in [9.17, 15) is 5.11 Å². The molecule has 1 rings (SSSR count). The molecule has 0 aliphatic heterocycles. The summed E-state index contributed by atoms with van der Waals surface area (Å²) >= 11 is 0. The highest BCUT2D eigenvalue weighted by atomic mass is 16.3. The Morgan fingerprint density at radius 2 is 1.32 bits per heavy atom. The van der Waals surface area contributed by atoms with Crippen molar-refractivity contribution >= 4 is 0 Å². The Kier molecular flexibility index (Phi) is 6.62. The summed E-state index contributed by atoms with van der Waals surface area (Å²) in [4.78, 5) is 0. The molecule has 0 saturated heterocycles. The highest BCUT2D eigenvalue weighted by molar-refractivity contribution is 5.29. The third-order valence-electron chi connectivity index (χ3n) is 3.16. The van der Waals surface area contributed by atoms with Crippen LogP contribution in [0.2, 0.25) is 0 Å². The smallest absolute Gasteiger partial charge is 0.115 e. The monoisotopic (exact) mass is 264 g/mol. The second kappa shape index (κ2) is 6.98. The van der Waals surface area contributed by atoms with E-state index in [0.717, 1.165) is 6.42 Å². The fourth-order valence-corrected chi connectivity index (χ4v) is 2.24. The topological polar surface area (TPSA) is 20.2 Å². The molecule has 0 saturated carbocycles. The molecule has 0 amide bonds. The van der Waals surface area contributed by atoms with Gasteiger partial charge in [0.05, 0.1) is 0 Å². The van der Waals surface area contributed by atoms with Gasteiger partial charge in [-0.25, -0.2) is 0 Å². The maximum atomic E-state index is 9.37. The van der Waals surface area contributed by atoms with Crippen LogP contribution in [0, 0.1) is 10.8 Å². The molecule has 1 aromatic rings. The minimum absolute atomic E-state index is 0.240. The lowest BCUT2D eigenvalue weighted by Gasteiger charge is -2.36. The Labute approximate surface area is 120 Å². The van der Waals surface area contributed by atoms with Crippen LogP contribution < -0.4 is 0 Å². The fourth-order valence-electron chi connectivity index (χ4n) is 2.24. The van der Waals surface area contributed by atoms with Crippen LogP contribution in [-0.4, -0.2) is 5.11 Å². The predicted octanol–water partition coefficient (Wildman–Crippen LogP) is 5.98. The molecule has 1 unspecified atom stereocenters. The highest BCUT2D eigenvalue weighted by Gasteiger charge is 2.30. The van der Waals surface area contributed by atoms with E-state index in [1.165, 1.54) is 5.56 Å². The number of phenols is 1. The molecule has 0 heterocycles. The Balaban J connectivity index is 0.00000154. The van der Waals surface area contributed by atoms with Gasteiger partial charge in [-0.05, 0) is 40.9 Å². The molecule has 0 aliphatic carbocycles. The van der Waals surface area contributed by atoms with Crippen molar-refractivity contribution in [3.05, 3.63) is 29.8 Å². The van der Waals surface area contributed by atoms with Crippen molar-refractivity contribution in [3.8, 4) is 5.75 Å². The number of benzene rings is 1. The van der Waals surface area contributed by atoms with Crippen LogP contribution in [0.25, 0.3) is 0 Å². The molecule has 1 N–H and O–H groups in total. The second-order valence-corrected chi connectivity index (χ2v) is 7.27.